The van der Waals surface area contributed by atoms with E-state index < -0.39 is 6.10 Å². The molecule has 3 heteroatoms. The highest BCUT2D eigenvalue weighted by atomic mass is 16.3. The van der Waals surface area contributed by atoms with E-state index in [0.717, 1.165) is 36.5 Å². The third-order valence-corrected chi connectivity index (χ3v) is 3.05. The molecule has 1 aromatic carbocycles. The molecule has 0 bridgehead atoms. The van der Waals surface area contributed by atoms with Gasteiger partial charge in [0, 0.05) is 18.3 Å². The number of aliphatic hydroxyl groups excluding tert-OH is 1. The maximum absolute atomic E-state index is 9.84. The predicted octanol–water partition coefficient (Wildman–Crippen LogP) is 2.38. The summed E-state index contributed by atoms with van der Waals surface area (Å²) in [5.74, 6) is 0.810. The van der Waals surface area contributed by atoms with Crippen molar-refractivity contribution in [2.75, 3.05) is 0 Å². The number of aryl methyl sites for hydroxylation is 1. The van der Waals surface area contributed by atoms with Gasteiger partial charge in [-0.15, -0.1) is 0 Å². The molecule has 0 radical (unpaired) electrons. The first-order chi connectivity index (χ1) is 7.84. The SMILES string of the molecule is OC1CCCn2cc(-c3ccccc3)nc21. The Morgan fingerprint density at radius 2 is 2.06 bits per heavy atom. The second-order valence-electron chi connectivity index (χ2n) is 4.20. The first-order valence-corrected chi connectivity index (χ1v) is 5.65. The van der Waals surface area contributed by atoms with Crippen LogP contribution in [0, 0.1) is 0 Å². The quantitative estimate of drug-likeness (QED) is 0.791. The number of benzene rings is 1. The van der Waals surface area contributed by atoms with Gasteiger partial charge in [0.2, 0.25) is 0 Å². The lowest BCUT2D eigenvalue weighted by molar-refractivity contribution is 0.134. The molecule has 82 valence electrons. The fraction of sp³-hybridized carbons (Fsp3) is 0.308. The minimum atomic E-state index is -0.397. The molecule has 1 aliphatic rings. The van der Waals surface area contributed by atoms with Crippen molar-refractivity contribution in [1.82, 2.24) is 9.55 Å². The van der Waals surface area contributed by atoms with Crippen LogP contribution in [0.5, 0.6) is 0 Å². The van der Waals surface area contributed by atoms with Crippen LogP contribution < -0.4 is 0 Å². The number of imidazole rings is 1. The van der Waals surface area contributed by atoms with E-state index in [2.05, 4.69) is 9.55 Å². The Morgan fingerprint density at radius 3 is 2.81 bits per heavy atom. The number of aliphatic hydroxyl groups is 1. The topological polar surface area (TPSA) is 38.0 Å². The third-order valence-electron chi connectivity index (χ3n) is 3.05. The largest absolute Gasteiger partial charge is 0.385 e. The number of rotatable bonds is 1. The van der Waals surface area contributed by atoms with Gasteiger partial charge in [-0.2, -0.15) is 0 Å². The summed E-state index contributed by atoms with van der Waals surface area (Å²) < 4.78 is 2.07. The van der Waals surface area contributed by atoms with Crippen LogP contribution in [0.1, 0.15) is 24.8 Å². The van der Waals surface area contributed by atoms with Gasteiger partial charge in [-0.1, -0.05) is 30.3 Å². The van der Waals surface area contributed by atoms with Gasteiger partial charge in [-0.3, -0.25) is 0 Å². The molecule has 0 saturated heterocycles. The maximum atomic E-state index is 9.84. The second kappa shape index (κ2) is 3.76. The van der Waals surface area contributed by atoms with Crippen LogP contribution in [0.25, 0.3) is 11.3 Å². The summed E-state index contributed by atoms with van der Waals surface area (Å²) in [7, 11) is 0. The van der Waals surface area contributed by atoms with Crippen molar-refractivity contribution in [2.45, 2.75) is 25.5 Å². The first kappa shape index (κ1) is 9.60. The molecule has 3 rings (SSSR count). The average molecular weight is 214 g/mol. The molecule has 0 amide bonds. The van der Waals surface area contributed by atoms with Crippen LogP contribution in [0.2, 0.25) is 0 Å². The van der Waals surface area contributed by atoms with Gasteiger partial charge in [0.15, 0.2) is 0 Å². The Balaban J connectivity index is 2.05. The van der Waals surface area contributed by atoms with Crippen LogP contribution in [0.15, 0.2) is 36.5 Å². The molecule has 0 aliphatic carbocycles. The monoisotopic (exact) mass is 214 g/mol. The lowest BCUT2D eigenvalue weighted by Gasteiger charge is -2.18. The molecule has 1 N–H and O–H groups in total. The van der Waals surface area contributed by atoms with Gasteiger partial charge in [-0.05, 0) is 12.8 Å². The standard InChI is InChI=1S/C13H14N2O/c16-12-7-4-8-15-9-11(14-13(12)15)10-5-2-1-3-6-10/h1-3,5-6,9,12,16H,4,7-8H2. The van der Waals surface area contributed by atoms with E-state index in [1.165, 1.54) is 0 Å². The molecule has 0 saturated carbocycles. The minimum absolute atomic E-state index is 0.397. The van der Waals surface area contributed by atoms with Crippen LogP contribution in [0.3, 0.4) is 0 Å². The van der Waals surface area contributed by atoms with Gasteiger partial charge < -0.3 is 9.67 Å². The van der Waals surface area contributed by atoms with Gasteiger partial charge in [0.25, 0.3) is 0 Å². The second-order valence-corrected chi connectivity index (χ2v) is 4.20. The van der Waals surface area contributed by atoms with E-state index >= 15 is 0 Å². The van der Waals surface area contributed by atoms with E-state index in [-0.39, 0.29) is 0 Å². The molecule has 2 heterocycles. The van der Waals surface area contributed by atoms with Crippen LogP contribution in [0.4, 0.5) is 0 Å². The number of nitrogens with zero attached hydrogens (tertiary/aromatic N) is 2. The highest BCUT2D eigenvalue weighted by Crippen LogP contribution is 2.27. The lowest BCUT2D eigenvalue weighted by atomic mass is 10.1. The maximum Gasteiger partial charge on any atom is 0.138 e. The molecule has 0 fully saturated rings. The summed E-state index contributed by atoms with van der Waals surface area (Å²) in [6, 6.07) is 10.1. The Hall–Kier alpha value is -1.61. The average Bonchev–Trinajstić information content (AvgIpc) is 2.76. The summed E-state index contributed by atoms with van der Waals surface area (Å²) in [6.45, 7) is 0.965. The minimum Gasteiger partial charge on any atom is -0.385 e. The van der Waals surface area contributed by atoms with Crippen LogP contribution in [-0.2, 0) is 6.54 Å². The Labute approximate surface area is 94.4 Å². The number of hydrogen-bond acceptors (Lipinski definition) is 2. The Morgan fingerprint density at radius 1 is 1.25 bits per heavy atom. The summed E-state index contributed by atoms with van der Waals surface area (Å²) >= 11 is 0. The molecule has 0 spiro atoms. The zero-order chi connectivity index (χ0) is 11.0. The van der Waals surface area contributed by atoms with Gasteiger partial charge >= 0.3 is 0 Å². The molecule has 1 atom stereocenters. The highest BCUT2D eigenvalue weighted by molar-refractivity contribution is 5.58. The molecule has 1 aliphatic heterocycles. The van der Waals surface area contributed by atoms with Gasteiger partial charge in [-0.25, -0.2) is 4.98 Å². The van der Waals surface area contributed by atoms with E-state index in [4.69, 9.17) is 0 Å². The van der Waals surface area contributed by atoms with Gasteiger partial charge in [0.1, 0.15) is 11.9 Å². The summed E-state index contributed by atoms with van der Waals surface area (Å²) in [5, 5.41) is 9.84. The zero-order valence-corrected chi connectivity index (χ0v) is 9.00. The molecule has 2 aromatic rings. The van der Waals surface area contributed by atoms with Crippen molar-refractivity contribution in [1.29, 1.82) is 0 Å². The molecule has 1 aromatic heterocycles. The lowest BCUT2D eigenvalue weighted by Crippen LogP contribution is -2.14. The molecule has 16 heavy (non-hydrogen) atoms. The highest BCUT2D eigenvalue weighted by Gasteiger charge is 2.20. The number of aromatic nitrogens is 2. The van der Waals surface area contributed by atoms with E-state index in [9.17, 15) is 5.11 Å². The van der Waals surface area contributed by atoms with Crippen LogP contribution >= 0.6 is 0 Å². The fourth-order valence-electron chi connectivity index (χ4n) is 2.21. The van der Waals surface area contributed by atoms with E-state index in [1.807, 2.05) is 36.5 Å². The van der Waals surface area contributed by atoms with Crippen molar-refractivity contribution in [3.05, 3.63) is 42.4 Å². The van der Waals surface area contributed by atoms with E-state index in [1.54, 1.807) is 0 Å². The predicted molar refractivity (Wildman–Crippen MR) is 61.9 cm³/mol. The summed E-state index contributed by atoms with van der Waals surface area (Å²) in [4.78, 5) is 4.51. The molecule has 1 unspecified atom stereocenters. The fourth-order valence-corrected chi connectivity index (χ4v) is 2.21. The number of fused-ring (bicyclic) bond motifs is 1. The molecular weight excluding hydrogens is 200 g/mol. The van der Waals surface area contributed by atoms with Crippen molar-refractivity contribution < 1.29 is 5.11 Å². The zero-order valence-electron chi connectivity index (χ0n) is 9.00. The molecule has 3 nitrogen and oxygen atoms in total. The van der Waals surface area contributed by atoms with Crippen molar-refractivity contribution in [3.63, 3.8) is 0 Å². The van der Waals surface area contributed by atoms with Crippen molar-refractivity contribution in [3.8, 4) is 11.3 Å². The van der Waals surface area contributed by atoms with Crippen LogP contribution in [-0.4, -0.2) is 14.7 Å². The normalized spacial score (nSPS) is 19.4. The Bertz CT molecular complexity index is 490. The Kier molecular flexibility index (Phi) is 2.26. The summed E-state index contributed by atoms with van der Waals surface area (Å²) in [5.41, 5.74) is 2.06. The van der Waals surface area contributed by atoms with Crippen molar-refractivity contribution >= 4 is 0 Å². The first-order valence-electron chi connectivity index (χ1n) is 5.65. The van der Waals surface area contributed by atoms with E-state index in [0.29, 0.717) is 0 Å². The molecular formula is C13H14N2O. The summed E-state index contributed by atoms with van der Waals surface area (Å²) in [6.07, 6.45) is 3.49. The number of hydrogen-bond donors (Lipinski definition) is 1. The third kappa shape index (κ3) is 1.53. The van der Waals surface area contributed by atoms with Gasteiger partial charge in [0.05, 0.1) is 5.69 Å². The van der Waals surface area contributed by atoms with Crippen molar-refractivity contribution in [2.24, 2.45) is 0 Å². The smallest absolute Gasteiger partial charge is 0.138 e.